The van der Waals surface area contributed by atoms with Crippen molar-refractivity contribution in [2.24, 2.45) is 5.41 Å². The van der Waals surface area contributed by atoms with Gasteiger partial charge < -0.3 is 9.84 Å². The molecule has 0 aromatic carbocycles. The fourth-order valence-corrected chi connectivity index (χ4v) is 2.69. The lowest BCUT2D eigenvalue weighted by atomic mass is 9.77. The molecule has 0 radical (unpaired) electrons. The normalized spacial score (nSPS) is 51.9. The van der Waals surface area contributed by atoms with Gasteiger partial charge in [-0.2, -0.15) is 4.84 Å². The maximum absolute atomic E-state index is 11.4. The van der Waals surface area contributed by atoms with Gasteiger partial charge in [0, 0.05) is 0 Å². The lowest BCUT2D eigenvalue weighted by Crippen LogP contribution is -2.43. The van der Waals surface area contributed by atoms with E-state index in [1.165, 1.54) is 0 Å². The Labute approximate surface area is 82.5 Å². The topological polar surface area (TPSA) is 58.8 Å². The predicted octanol–water partition coefficient (Wildman–Crippen LogP) is 0.601. The van der Waals surface area contributed by atoms with E-state index in [0.717, 1.165) is 6.42 Å². The highest BCUT2D eigenvalue weighted by Gasteiger charge is 2.72. The lowest BCUT2D eigenvalue weighted by molar-refractivity contribution is -0.817. The van der Waals surface area contributed by atoms with E-state index in [2.05, 4.69) is 0 Å². The Kier molecular flexibility index (Phi) is 2.04. The summed E-state index contributed by atoms with van der Waals surface area (Å²) in [5.74, 6) is 0. The molecule has 2 heterocycles. The van der Waals surface area contributed by atoms with Crippen LogP contribution >= 0.6 is 0 Å². The smallest absolute Gasteiger partial charge is 0.296 e. The second-order valence-corrected chi connectivity index (χ2v) is 4.29. The zero-order valence-corrected chi connectivity index (χ0v) is 8.64. The van der Waals surface area contributed by atoms with Crippen LogP contribution in [-0.4, -0.2) is 34.6 Å². The van der Waals surface area contributed by atoms with Crippen molar-refractivity contribution >= 4 is 0 Å². The van der Waals surface area contributed by atoms with E-state index in [1.807, 2.05) is 20.8 Å². The summed E-state index contributed by atoms with van der Waals surface area (Å²) in [6, 6.07) is -0.401. The van der Waals surface area contributed by atoms with Gasteiger partial charge in [0.1, 0.15) is 11.5 Å². The van der Waals surface area contributed by atoms with Crippen molar-refractivity contribution in [3.05, 3.63) is 4.91 Å². The monoisotopic (exact) mass is 202 g/mol. The summed E-state index contributed by atoms with van der Waals surface area (Å²) >= 11 is 0. The summed E-state index contributed by atoms with van der Waals surface area (Å²) in [5.41, 5.74) is -0.601. The third kappa shape index (κ3) is 0.966. The Balaban J connectivity index is 2.37. The third-order valence-corrected chi connectivity index (χ3v) is 3.49. The largest absolute Gasteiger partial charge is 0.367 e. The van der Waals surface area contributed by atoms with E-state index in [0.29, 0.717) is 4.92 Å². The second-order valence-electron chi connectivity index (χ2n) is 4.29. The van der Waals surface area contributed by atoms with Crippen LogP contribution in [0.3, 0.4) is 0 Å². The average Bonchev–Trinajstić information content (AvgIpc) is 2.49. The first kappa shape index (κ1) is 9.86. The van der Waals surface area contributed by atoms with Gasteiger partial charge in [0.25, 0.3) is 12.3 Å². The fraction of sp³-hybridized carbons (Fsp3) is 1.00. The van der Waals surface area contributed by atoms with Crippen LogP contribution in [0.25, 0.3) is 0 Å². The van der Waals surface area contributed by atoms with Gasteiger partial charge in [-0.25, -0.2) is 0 Å². The van der Waals surface area contributed by atoms with Gasteiger partial charge in [0.05, 0.1) is 11.0 Å². The molecule has 0 aromatic heterocycles. The zero-order valence-electron chi connectivity index (χ0n) is 8.64. The van der Waals surface area contributed by atoms with Crippen LogP contribution in [0.4, 0.5) is 0 Å². The van der Waals surface area contributed by atoms with Crippen molar-refractivity contribution in [3.8, 4) is 0 Å². The maximum Gasteiger partial charge on any atom is 0.296 e. The number of rotatable bonds is 1. The minimum Gasteiger partial charge on any atom is -0.367 e. The highest BCUT2D eigenvalue weighted by Crippen LogP contribution is 2.48. The minimum absolute atomic E-state index is 0.114. The number of hydrogen-bond donors (Lipinski definition) is 1. The molecule has 0 saturated carbocycles. The molecule has 2 aliphatic heterocycles. The summed E-state index contributed by atoms with van der Waals surface area (Å²) in [6.45, 7) is 5.66. The molecule has 2 saturated heterocycles. The van der Waals surface area contributed by atoms with E-state index in [1.54, 1.807) is 0 Å². The van der Waals surface area contributed by atoms with Crippen molar-refractivity contribution in [2.75, 3.05) is 0 Å². The molecule has 2 aliphatic rings. The van der Waals surface area contributed by atoms with Crippen LogP contribution in [0.1, 0.15) is 27.2 Å². The number of fused-ring (bicyclic) bond motifs is 1. The van der Waals surface area contributed by atoms with Crippen LogP contribution in [0.2, 0.25) is 0 Å². The Bertz CT molecular complexity index is 270. The number of ether oxygens (including phenoxy) is 1. The average molecular weight is 202 g/mol. The Morgan fingerprint density at radius 2 is 2.21 bits per heavy atom. The summed E-state index contributed by atoms with van der Waals surface area (Å²) in [5, 5.41) is 9.70. The molecule has 5 unspecified atom stereocenters. The van der Waals surface area contributed by atoms with Crippen LogP contribution in [0.5, 0.6) is 0 Å². The molecule has 14 heavy (non-hydrogen) atoms. The summed E-state index contributed by atoms with van der Waals surface area (Å²) < 4.78 is 5.64. The number of aliphatic hydroxyl groups is 1. The minimum atomic E-state index is -1.06. The van der Waals surface area contributed by atoms with Crippen molar-refractivity contribution < 1.29 is 19.6 Å². The predicted molar refractivity (Wildman–Crippen MR) is 47.2 cm³/mol. The van der Waals surface area contributed by atoms with E-state index < -0.39 is 17.7 Å². The Hall–Kier alpha value is -0.680. The van der Waals surface area contributed by atoms with Gasteiger partial charge in [0.2, 0.25) is 4.92 Å². The molecule has 2 fully saturated rings. The maximum atomic E-state index is 11.4. The number of aliphatic hydroxyl groups excluding tert-OH is 1. The highest BCUT2D eigenvalue weighted by atomic mass is 16.8. The van der Waals surface area contributed by atoms with Gasteiger partial charge in [-0.05, 0) is 20.3 Å². The van der Waals surface area contributed by atoms with Gasteiger partial charge in [-0.3, -0.25) is 0 Å². The van der Waals surface area contributed by atoms with Gasteiger partial charge in [-0.1, -0.05) is 6.92 Å². The summed E-state index contributed by atoms with van der Waals surface area (Å²) in [6.07, 6.45) is -0.595. The van der Waals surface area contributed by atoms with Crippen molar-refractivity contribution in [3.63, 3.8) is 0 Å². The molecule has 0 aromatic rings. The molecule has 0 bridgehead atoms. The standard InChI is InChI=1S/C9H16NO4/c1-4-6-9(3)7(5(2)13-6)10(12)14-8(9)11/h5-8,11H,4H2,1-3H3/q+1. The van der Waals surface area contributed by atoms with Crippen LogP contribution in [-0.2, 0) is 9.57 Å². The van der Waals surface area contributed by atoms with Gasteiger partial charge >= 0.3 is 0 Å². The first-order valence-corrected chi connectivity index (χ1v) is 4.98. The molecule has 80 valence electrons. The third-order valence-electron chi connectivity index (χ3n) is 3.49. The van der Waals surface area contributed by atoms with Crippen molar-refractivity contribution in [1.29, 1.82) is 0 Å². The van der Waals surface area contributed by atoms with Gasteiger partial charge in [0.15, 0.2) is 0 Å². The van der Waals surface area contributed by atoms with E-state index in [9.17, 15) is 10.0 Å². The summed E-state index contributed by atoms with van der Waals surface area (Å²) in [4.78, 5) is 16.7. The van der Waals surface area contributed by atoms with E-state index >= 15 is 0 Å². The number of hydrogen-bond acceptors (Lipinski definition) is 4. The molecule has 0 aliphatic carbocycles. The molecule has 5 heteroatoms. The molecule has 1 N–H and O–H groups in total. The first-order valence-electron chi connectivity index (χ1n) is 4.98. The molecule has 5 atom stereocenters. The molecule has 0 spiro atoms. The van der Waals surface area contributed by atoms with Crippen LogP contribution in [0, 0.1) is 10.3 Å². The SMILES string of the molecule is CCC1OC(C)C2[N+](=O)OC(O)C12C. The van der Waals surface area contributed by atoms with E-state index in [-0.39, 0.29) is 12.2 Å². The number of nitrogens with zero attached hydrogens (tertiary/aromatic N) is 1. The van der Waals surface area contributed by atoms with Crippen LogP contribution < -0.4 is 0 Å². The quantitative estimate of drug-likeness (QED) is 0.676. The highest BCUT2D eigenvalue weighted by molar-refractivity contribution is 5.01. The van der Waals surface area contributed by atoms with Gasteiger partial charge in [-0.15, -0.1) is 0 Å². The van der Waals surface area contributed by atoms with Crippen LogP contribution in [0.15, 0.2) is 0 Å². The summed E-state index contributed by atoms with van der Waals surface area (Å²) in [7, 11) is 0. The van der Waals surface area contributed by atoms with Crippen molar-refractivity contribution in [1.82, 2.24) is 0 Å². The zero-order chi connectivity index (χ0) is 10.5. The fourth-order valence-electron chi connectivity index (χ4n) is 2.69. The van der Waals surface area contributed by atoms with E-state index in [4.69, 9.17) is 9.57 Å². The molecule has 5 nitrogen and oxygen atoms in total. The Morgan fingerprint density at radius 1 is 1.57 bits per heavy atom. The van der Waals surface area contributed by atoms with Crippen molar-refractivity contribution in [2.45, 2.75) is 51.7 Å². The molecule has 2 rings (SSSR count). The second kappa shape index (κ2) is 2.90. The molecule has 0 amide bonds. The molecular formula is C9H16NO4+. The lowest BCUT2D eigenvalue weighted by Gasteiger charge is -2.23. The Morgan fingerprint density at radius 3 is 2.79 bits per heavy atom. The first-order chi connectivity index (χ1) is 6.51. The molecular weight excluding hydrogens is 186 g/mol.